The summed E-state index contributed by atoms with van der Waals surface area (Å²) >= 11 is 0. The summed E-state index contributed by atoms with van der Waals surface area (Å²) in [7, 11) is -3.73. The third kappa shape index (κ3) is 3.44. The molecule has 1 heterocycles. The molecule has 6 heteroatoms. The van der Waals surface area contributed by atoms with Crippen molar-refractivity contribution in [3.05, 3.63) is 29.6 Å². The lowest BCUT2D eigenvalue weighted by atomic mass is 10.0. The molecular weight excluding hydrogens is 291 g/mol. The summed E-state index contributed by atoms with van der Waals surface area (Å²) in [6, 6.07) is 4.35. The first-order valence-corrected chi connectivity index (χ1v) is 8.79. The molecule has 2 unspecified atom stereocenters. The lowest BCUT2D eigenvalue weighted by Crippen LogP contribution is -2.29. The second-order valence-electron chi connectivity index (χ2n) is 5.82. The van der Waals surface area contributed by atoms with Crippen molar-refractivity contribution in [3.63, 3.8) is 0 Å². The van der Waals surface area contributed by atoms with E-state index in [1.807, 2.05) is 20.8 Å². The lowest BCUT2D eigenvalue weighted by Gasteiger charge is -2.17. The highest BCUT2D eigenvalue weighted by atomic mass is 32.2. The van der Waals surface area contributed by atoms with Crippen LogP contribution in [0.5, 0.6) is 0 Å². The molecule has 0 aromatic heterocycles. The number of hydrogen-bond acceptors (Lipinski definition) is 3. The van der Waals surface area contributed by atoms with Crippen molar-refractivity contribution in [2.45, 2.75) is 32.2 Å². The van der Waals surface area contributed by atoms with Crippen molar-refractivity contribution in [2.24, 2.45) is 11.8 Å². The second kappa shape index (κ2) is 6.42. The van der Waals surface area contributed by atoms with Crippen molar-refractivity contribution in [2.75, 3.05) is 19.6 Å². The summed E-state index contributed by atoms with van der Waals surface area (Å²) < 4.78 is 40.7. The van der Waals surface area contributed by atoms with E-state index in [4.69, 9.17) is 0 Å². The van der Waals surface area contributed by atoms with Crippen molar-refractivity contribution in [1.29, 1.82) is 0 Å². The molecule has 0 bridgehead atoms. The molecule has 0 radical (unpaired) electrons. The zero-order valence-corrected chi connectivity index (χ0v) is 13.6. The topological polar surface area (TPSA) is 49.4 Å². The molecule has 21 heavy (non-hydrogen) atoms. The Morgan fingerprint density at radius 2 is 1.90 bits per heavy atom. The standard InChI is InChI=1S/C15H23FN2O2S/c1-4-17-8-13-5-6-15(14(16)7-13)21(19,20)18-9-11(2)12(3)10-18/h5-7,11-12,17H,4,8-10H2,1-3H3. The summed E-state index contributed by atoms with van der Waals surface area (Å²) in [5, 5.41) is 3.09. The number of nitrogens with one attached hydrogen (secondary N) is 1. The number of halogens is 1. The van der Waals surface area contributed by atoms with Gasteiger partial charge in [0, 0.05) is 19.6 Å². The molecule has 1 aromatic rings. The Bertz CT molecular complexity index is 594. The number of hydrogen-bond donors (Lipinski definition) is 1. The third-order valence-electron chi connectivity index (χ3n) is 4.15. The number of rotatable bonds is 5. The van der Waals surface area contributed by atoms with Gasteiger partial charge in [-0.1, -0.05) is 26.8 Å². The van der Waals surface area contributed by atoms with E-state index >= 15 is 0 Å². The van der Waals surface area contributed by atoms with Crippen LogP contribution < -0.4 is 5.32 Å². The Morgan fingerprint density at radius 1 is 1.29 bits per heavy atom. The van der Waals surface area contributed by atoms with E-state index in [1.54, 1.807) is 6.07 Å². The molecule has 2 rings (SSSR count). The van der Waals surface area contributed by atoms with E-state index in [0.717, 1.165) is 12.1 Å². The van der Waals surface area contributed by atoms with Crippen LogP contribution in [0.1, 0.15) is 26.3 Å². The predicted molar refractivity (Wildman–Crippen MR) is 80.9 cm³/mol. The van der Waals surface area contributed by atoms with Gasteiger partial charge in [0.2, 0.25) is 10.0 Å². The van der Waals surface area contributed by atoms with Crippen LogP contribution in [0.25, 0.3) is 0 Å². The van der Waals surface area contributed by atoms with Crippen LogP contribution in [-0.2, 0) is 16.6 Å². The molecule has 1 aliphatic heterocycles. The maximum Gasteiger partial charge on any atom is 0.246 e. The van der Waals surface area contributed by atoms with Gasteiger partial charge in [0.05, 0.1) is 0 Å². The number of nitrogens with zero attached hydrogens (tertiary/aromatic N) is 1. The van der Waals surface area contributed by atoms with Gasteiger partial charge < -0.3 is 5.32 Å². The van der Waals surface area contributed by atoms with Crippen molar-refractivity contribution in [1.82, 2.24) is 9.62 Å². The predicted octanol–water partition coefficient (Wildman–Crippen LogP) is 2.21. The Morgan fingerprint density at radius 3 is 2.43 bits per heavy atom. The average molecular weight is 314 g/mol. The fourth-order valence-corrected chi connectivity index (χ4v) is 4.23. The molecule has 0 aliphatic carbocycles. The highest BCUT2D eigenvalue weighted by Gasteiger charge is 2.36. The van der Waals surface area contributed by atoms with Gasteiger partial charge in [-0.25, -0.2) is 12.8 Å². The van der Waals surface area contributed by atoms with Gasteiger partial charge >= 0.3 is 0 Å². The van der Waals surface area contributed by atoms with E-state index in [-0.39, 0.29) is 4.90 Å². The average Bonchev–Trinajstić information content (AvgIpc) is 2.77. The summed E-state index contributed by atoms with van der Waals surface area (Å²) in [5.74, 6) is -0.0654. The van der Waals surface area contributed by atoms with Crippen LogP contribution in [0.4, 0.5) is 4.39 Å². The van der Waals surface area contributed by atoms with Gasteiger partial charge in [-0.2, -0.15) is 4.31 Å². The molecular formula is C15H23FN2O2S. The van der Waals surface area contributed by atoms with E-state index in [9.17, 15) is 12.8 Å². The minimum Gasteiger partial charge on any atom is -0.313 e. The van der Waals surface area contributed by atoms with Crippen molar-refractivity contribution < 1.29 is 12.8 Å². The smallest absolute Gasteiger partial charge is 0.246 e. The van der Waals surface area contributed by atoms with E-state index in [1.165, 1.54) is 16.4 Å². The minimum absolute atomic E-state index is 0.218. The monoisotopic (exact) mass is 314 g/mol. The van der Waals surface area contributed by atoms with Crippen molar-refractivity contribution in [3.8, 4) is 0 Å². The van der Waals surface area contributed by atoms with Gasteiger partial charge in [-0.05, 0) is 36.1 Å². The fourth-order valence-electron chi connectivity index (χ4n) is 2.55. The molecule has 4 nitrogen and oxygen atoms in total. The summed E-state index contributed by atoms with van der Waals surface area (Å²) in [4.78, 5) is -0.218. The second-order valence-corrected chi connectivity index (χ2v) is 7.73. The minimum atomic E-state index is -3.73. The summed E-state index contributed by atoms with van der Waals surface area (Å²) in [6.45, 7) is 8.25. The maximum absolute atomic E-state index is 14.2. The largest absolute Gasteiger partial charge is 0.313 e. The molecule has 0 amide bonds. The molecule has 0 spiro atoms. The molecule has 1 saturated heterocycles. The first-order valence-electron chi connectivity index (χ1n) is 7.35. The first kappa shape index (κ1) is 16.4. The Hall–Kier alpha value is -0.980. The zero-order chi connectivity index (χ0) is 15.6. The van der Waals surface area contributed by atoms with Crippen LogP contribution in [0.3, 0.4) is 0 Å². The fraction of sp³-hybridized carbons (Fsp3) is 0.600. The molecule has 118 valence electrons. The van der Waals surface area contributed by atoms with Gasteiger partial charge in [0.25, 0.3) is 0 Å². The first-order chi connectivity index (χ1) is 9.86. The maximum atomic E-state index is 14.2. The van der Waals surface area contributed by atoms with Gasteiger partial charge in [-0.3, -0.25) is 0 Å². The van der Waals surface area contributed by atoms with Crippen LogP contribution in [0.2, 0.25) is 0 Å². The highest BCUT2D eigenvalue weighted by molar-refractivity contribution is 7.89. The van der Waals surface area contributed by atoms with Crippen LogP contribution in [0, 0.1) is 17.7 Å². The Labute approximate surface area is 126 Å². The SMILES string of the molecule is CCNCc1ccc(S(=O)(=O)N2CC(C)C(C)C2)c(F)c1. The van der Waals surface area contributed by atoms with E-state index in [0.29, 0.717) is 31.5 Å². The molecule has 1 aromatic carbocycles. The number of sulfonamides is 1. The normalized spacial score (nSPS) is 23.6. The van der Waals surface area contributed by atoms with E-state index in [2.05, 4.69) is 5.32 Å². The number of benzene rings is 1. The Kier molecular flexibility index (Phi) is 5.01. The van der Waals surface area contributed by atoms with Crippen LogP contribution in [0.15, 0.2) is 23.1 Å². The highest BCUT2D eigenvalue weighted by Crippen LogP contribution is 2.29. The Balaban J connectivity index is 2.24. The van der Waals surface area contributed by atoms with Gasteiger partial charge in [-0.15, -0.1) is 0 Å². The van der Waals surface area contributed by atoms with E-state index < -0.39 is 15.8 Å². The molecule has 1 aliphatic rings. The molecule has 1 N–H and O–H groups in total. The van der Waals surface area contributed by atoms with Gasteiger partial charge in [0.15, 0.2) is 0 Å². The summed E-state index contributed by atoms with van der Waals surface area (Å²) in [6.07, 6.45) is 0. The van der Waals surface area contributed by atoms with Gasteiger partial charge in [0.1, 0.15) is 10.7 Å². The summed E-state index contributed by atoms with van der Waals surface area (Å²) in [5.41, 5.74) is 0.747. The van der Waals surface area contributed by atoms with Crippen molar-refractivity contribution >= 4 is 10.0 Å². The molecule has 1 fully saturated rings. The third-order valence-corrected chi connectivity index (χ3v) is 6.01. The quantitative estimate of drug-likeness (QED) is 0.906. The molecule has 0 saturated carbocycles. The van der Waals surface area contributed by atoms with Crippen LogP contribution in [-0.4, -0.2) is 32.4 Å². The zero-order valence-electron chi connectivity index (χ0n) is 12.8. The lowest BCUT2D eigenvalue weighted by molar-refractivity contribution is 0.456. The molecule has 2 atom stereocenters. The van der Waals surface area contributed by atoms with Crippen LogP contribution >= 0.6 is 0 Å².